The topological polar surface area (TPSA) is 85.1 Å². The van der Waals surface area contributed by atoms with Gasteiger partial charge in [0.15, 0.2) is 5.13 Å². The van der Waals surface area contributed by atoms with Crippen LogP contribution in [0.5, 0.6) is 0 Å². The molecule has 0 unspecified atom stereocenters. The van der Waals surface area contributed by atoms with Crippen molar-refractivity contribution in [2.75, 3.05) is 11.6 Å². The molecule has 8 heteroatoms. The van der Waals surface area contributed by atoms with Crippen LogP contribution < -0.4 is 5.32 Å². The Morgan fingerprint density at radius 1 is 1.33 bits per heavy atom. The monoisotopic (exact) mass is 359 g/mol. The number of carbonyl (C=O) groups is 1. The second-order valence-electron chi connectivity index (χ2n) is 5.01. The van der Waals surface area contributed by atoms with Crippen molar-refractivity contribution in [2.45, 2.75) is 11.8 Å². The van der Waals surface area contributed by atoms with Crippen molar-refractivity contribution in [3.63, 3.8) is 0 Å². The molecule has 0 aliphatic heterocycles. The number of rotatable bonds is 4. The molecule has 0 bridgehead atoms. The van der Waals surface area contributed by atoms with Crippen LogP contribution in [-0.4, -0.2) is 22.1 Å². The van der Waals surface area contributed by atoms with E-state index >= 15 is 0 Å². The number of carbonyl (C=O) groups excluding carboxylic acids is 1. The Bertz CT molecular complexity index is 953. The van der Waals surface area contributed by atoms with E-state index in [2.05, 4.69) is 10.3 Å². The average Bonchev–Trinajstić information content (AvgIpc) is 2.95. The Morgan fingerprint density at radius 2 is 2.12 bits per heavy atom. The predicted octanol–water partition coefficient (Wildman–Crippen LogP) is 4.49. The standard InChI is InChI=1S/C16H13N3O3S2/c1-9-11(4-3-5-13(9)19(21)22)15(20)18-16-17-12-7-6-10(23-2)8-14(12)24-16/h3-8H,1-2H3,(H,17,18,20). The fourth-order valence-corrected chi connectivity index (χ4v) is 3.73. The average molecular weight is 359 g/mol. The quantitative estimate of drug-likeness (QED) is 0.421. The molecule has 0 aliphatic carbocycles. The zero-order chi connectivity index (χ0) is 17.3. The third kappa shape index (κ3) is 3.10. The van der Waals surface area contributed by atoms with E-state index in [1.807, 2.05) is 24.5 Å². The van der Waals surface area contributed by atoms with E-state index in [4.69, 9.17) is 0 Å². The summed E-state index contributed by atoms with van der Waals surface area (Å²) in [6, 6.07) is 10.4. The molecule has 0 fully saturated rings. The largest absolute Gasteiger partial charge is 0.298 e. The second kappa shape index (κ2) is 6.58. The van der Waals surface area contributed by atoms with Crippen LogP contribution in [0.3, 0.4) is 0 Å². The van der Waals surface area contributed by atoms with Crippen molar-refractivity contribution in [3.8, 4) is 0 Å². The van der Waals surface area contributed by atoms with Gasteiger partial charge >= 0.3 is 0 Å². The summed E-state index contributed by atoms with van der Waals surface area (Å²) in [5.74, 6) is -0.402. The van der Waals surface area contributed by atoms with E-state index in [0.717, 1.165) is 15.1 Å². The zero-order valence-electron chi connectivity index (χ0n) is 12.9. The summed E-state index contributed by atoms with van der Waals surface area (Å²) in [4.78, 5) is 28.4. The fraction of sp³-hybridized carbons (Fsp3) is 0.125. The van der Waals surface area contributed by atoms with Gasteiger partial charge in [-0.1, -0.05) is 17.4 Å². The first-order valence-corrected chi connectivity index (χ1v) is 9.03. The maximum absolute atomic E-state index is 12.4. The van der Waals surface area contributed by atoms with Gasteiger partial charge in [-0.05, 0) is 37.4 Å². The number of nitrogens with one attached hydrogen (secondary N) is 1. The molecule has 0 saturated heterocycles. The molecule has 1 aromatic heterocycles. The highest BCUT2D eigenvalue weighted by Crippen LogP contribution is 2.30. The number of hydrogen-bond acceptors (Lipinski definition) is 6. The molecular formula is C16H13N3O3S2. The first-order valence-electron chi connectivity index (χ1n) is 6.99. The van der Waals surface area contributed by atoms with E-state index in [9.17, 15) is 14.9 Å². The molecule has 122 valence electrons. The van der Waals surface area contributed by atoms with Crippen LogP contribution in [0.1, 0.15) is 15.9 Å². The van der Waals surface area contributed by atoms with Crippen molar-refractivity contribution < 1.29 is 9.72 Å². The molecule has 1 N–H and O–H groups in total. The lowest BCUT2D eigenvalue weighted by Crippen LogP contribution is -2.13. The number of thiazole rings is 1. The Morgan fingerprint density at radius 3 is 2.83 bits per heavy atom. The Hall–Kier alpha value is -2.45. The van der Waals surface area contributed by atoms with Crippen LogP contribution in [0.15, 0.2) is 41.3 Å². The van der Waals surface area contributed by atoms with Gasteiger partial charge < -0.3 is 0 Å². The van der Waals surface area contributed by atoms with Crippen LogP contribution >= 0.6 is 23.1 Å². The first-order chi connectivity index (χ1) is 11.5. The highest BCUT2D eigenvalue weighted by molar-refractivity contribution is 7.98. The number of nitrogens with zero attached hydrogens (tertiary/aromatic N) is 2. The van der Waals surface area contributed by atoms with Gasteiger partial charge in [-0.3, -0.25) is 20.2 Å². The molecule has 3 aromatic rings. The lowest BCUT2D eigenvalue weighted by Gasteiger charge is -2.05. The number of aromatic nitrogens is 1. The SMILES string of the molecule is CSc1ccc2nc(NC(=O)c3cccc([N+](=O)[O-])c3C)sc2c1. The van der Waals surface area contributed by atoms with Crippen molar-refractivity contribution in [1.29, 1.82) is 0 Å². The summed E-state index contributed by atoms with van der Waals surface area (Å²) in [5.41, 5.74) is 1.35. The molecule has 1 heterocycles. The van der Waals surface area contributed by atoms with E-state index in [0.29, 0.717) is 10.7 Å². The molecule has 1 amide bonds. The molecule has 0 saturated carbocycles. The maximum Gasteiger partial charge on any atom is 0.273 e. The molecule has 0 aliphatic rings. The molecule has 0 spiro atoms. The van der Waals surface area contributed by atoms with Gasteiger partial charge in [0.1, 0.15) is 0 Å². The van der Waals surface area contributed by atoms with Gasteiger partial charge in [-0.15, -0.1) is 11.8 Å². The number of thioether (sulfide) groups is 1. The van der Waals surface area contributed by atoms with Crippen molar-refractivity contribution in [2.24, 2.45) is 0 Å². The fourth-order valence-electron chi connectivity index (χ4n) is 2.32. The van der Waals surface area contributed by atoms with E-state index in [-0.39, 0.29) is 11.3 Å². The normalized spacial score (nSPS) is 10.8. The van der Waals surface area contributed by atoms with Gasteiger partial charge in [-0.2, -0.15) is 0 Å². The van der Waals surface area contributed by atoms with Crippen molar-refractivity contribution in [1.82, 2.24) is 4.98 Å². The summed E-state index contributed by atoms with van der Waals surface area (Å²) in [6.45, 7) is 1.57. The van der Waals surface area contributed by atoms with Gasteiger partial charge in [-0.25, -0.2) is 4.98 Å². The van der Waals surface area contributed by atoms with Gasteiger partial charge in [0, 0.05) is 22.1 Å². The molecule has 24 heavy (non-hydrogen) atoms. The van der Waals surface area contributed by atoms with E-state index < -0.39 is 10.8 Å². The lowest BCUT2D eigenvalue weighted by atomic mass is 10.1. The lowest BCUT2D eigenvalue weighted by molar-refractivity contribution is -0.385. The number of nitro groups is 1. The summed E-state index contributed by atoms with van der Waals surface area (Å²) >= 11 is 3.01. The van der Waals surface area contributed by atoms with Crippen LogP contribution in [0, 0.1) is 17.0 Å². The van der Waals surface area contributed by atoms with Gasteiger partial charge in [0.05, 0.1) is 15.1 Å². The summed E-state index contributed by atoms with van der Waals surface area (Å²) in [5, 5.41) is 14.2. The number of nitro benzene ring substituents is 1. The number of hydrogen-bond donors (Lipinski definition) is 1. The number of fused-ring (bicyclic) bond motifs is 1. The van der Waals surface area contributed by atoms with E-state index in [1.165, 1.54) is 23.5 Å². The van der Waals surface area contributed by atoms with Crippen LogP contribution in [0.4, 0.5) is 10.8 Å². The third-order valence-corrected chi connectivity index (χ3v) is 5.22. The summed E-state index contributed by atoms with van der Waals surface area (Å²) in [7, 11) is 0. The van der Waals surface area contributed by atoms with E-state index in [1.54, 1.807) is 24.8 Å². The Labute approximate surface area is 146 Å². The molecular weight excluding hydrogens is 346 g/mol. The number of anilines is 1. The summed E-state index contributed by atoms with van der Waals surface area (Å²) < 4.78 is 0.980. The smallest absolute Gasteiger partial charge is 0.273 e. The van der Waals surface area contributed by atoms with Crippen molar-refractivity contribution >= 4 is 50.0 Å². The Kier molecular flexibility index (Phi) is 4.50. The maximum atomic E-state index is 12.4. The second-order valence-corrected chi connectivity index (χ2v) is 6.92. The van der Waals surface area contributed by atoms with Crippen LogP contribution in [0.2, 0.25) is 0 Å². The third-order valence-electron chi connectivity index (χ3n) is 3.56. The summed E-state index contributed by atoms with van der Waals surface area (Å²) in [6.07, 6.45) is 2.00. The number of benzene rings is 2. The zero-order valence-corrected chi connectivity index (χ0v) is 14.5. The number of amides is 1. The Balaban J connectivity index is 1.90. The van der Waals surface area contributed by atoms with Gasteiger partial charge in [0.2, 0.25) is 0 Å². The van der Waals surface area contributed by atoms with Crippen molar-refractivity contribution in [3.05, 3.63) is 57.6 Å². The predicted molar refractivity (Wildman–Crippen MR) is 97.2 cm³/mol. The molecule has 3 rings (SSSR count). The molecule has 2 aromatic carbocycles. The first kappa shape index (κ1) is 16.4. The highest BCUT2D eigenvalue weighted by atomic mass is 32.2. The van der Waals surface area contributed by atoms with Crippen LogP contribution in [0.25, 0.3) is 10.2 Å². The minimum Gasteiger partial charge on any atom is -0.298 e. The van der Waals surface area contributed by atoms with Crippen LogP contribution in [-0.2, 0) is 0 Å². The molecule has 0 atom stereocenters. The minimum atomic E-state index is -0.492. The molecule has 0 radical (unpaired) electrons. The minimum absolute atomic E-state index is 0.0726. The molecule has 6 nitrogen and oxygen atoms in total. The van der Waals surface area contributed by atoms with Gasteiger partial charge in [0.25, 0.3) is 11.6 Å². The highest BCUT2D eigenvalue weighted by Gasteiger charge is 2.19.